The maximum Gasteiger partial charge on any atom is 0.124 e. The topological polar surface area (TPSA) is 47.7 Å². The first-order valence-corrected chi connectivity index (χ1v) is 5.96. The van der Waals surface area contributed by atoms with Gasteiger partial charge in [0, 0.05) is 25.9 Å². The number of hydrogen-bond acceptors (Lipinski definition) is 3. The number of nitrogens with zero attached hydrogens (tertiary/aromatic N) is 4. The molecule has 2 aromatic rings. The fraction of sp³-hybridized carbons (Fsp3) is 0.500. The molecule has 2 heterocycles. The van der Waals surface area contributed by atoms with E-state index in [1.807, 2.05) is 41.7 Å². The lowest BCUT2D eigenvalue weighted by molar-refractivity contribution is 0.577. The molecule has 0 spiro atoms. The zero-order chi connectivity index (χ0) is 12.3. The Balaban J connectivity index is 0.00000162. The number of halogens is 1. The summed E-state index contributed by atoms with van der Waals surface area (Å²) in [5, 5.41) is 12.0. The highest BCUT2D eigenvalue weighted by Crippen LogP contribution is 2.10. The van der Waals surface area contributed by atoms with Crippen LogP contribution in [0.1, 0.15) is 24.7 Å². The van der Waals surface area contributed by atoms with Crippen LogP contribution in [0.2, 0.25) is 0 Å². The average molecular weight is 270 g/mol. The van der Waals surface area contributed by atoms with Crippen LogP contribution in [0.15, 0.2) is 18.3 Å². The third kappa shape index (κ3) is 3.26. The highest BCUT2D eigenvalue weighted by Gasteiger charge is 2.04. The fourth-order valence-electron chi connectivity index (χ4n) is 1.88. The van der Waals surface area contributed by atoms with Gasteiger partial charge in [-0.2, -0.15) is 10.2 Å². The van der Waals surface area contributed by atoms with Crippen LogP contribution in [0.5, 0.6) is 0 Å². The predicted octanol–water partition coefficient (Wildman–Crippen LogP) is 2.37. The van der Waals surface area contributed by atoms with Gasteiger partial charge in [0.1, 0.15) is 5.82 Å². The average Bonchev–Trinajstić information content (AvgIpc) is 2.83. The number of anilines is 1. The SMILES string of the molecule is CCCn1nccc1CNc1cc(C)nn1C.Cl. The standard InChI is InChI=1S/C12H19N5.ClH/c1-4-7-17-11(5-6-14-17)9-13-12-8-10(2)15-16(12)3;/h5-6,8,13H,4,7,9H2,1-3H3;1H. The van der Waals surface area contributed by atoms with Gasteiger partial charge in [0.25, 0.3) is 0 Å². The molecular formula is C12H20ClN5. The molecule has 0 unspecified atom stereocenters. The Morgan fingerprint density at radius 1 is 1.39 bits per heavy atom. The van der Waals surface area contributed by atoms with Crippen molar-refractivity contribution in [3.63, 3.8) is 0 Å². The Bertz CT molecular complexity index is 488. The number of rotatable bonds is 5. The van der Waals surface area contributed by atoms with Crippen molar-refractivity contribution < 1.29 is 0 Å². The van der Waals surface area contributed by atoms with E-state index in [1.54, 1.807) is 0 Å². The zero-order valence-corrected chi connectivity index (χ0v) is 11.9. The number of nitrogens with one attached hydrogen (secondary N) is 1. The monoisotopic (exact) mass is 269 g/mol. The molecule has 0 amide bonds. The van der Waals surface area contributed by atoms with E-state index in [4.69, 9.17) is 0 Å². The molecule has 0 bridgehead atoms. The second kappa shape index (κ2) is 6.44. The summed E-state index contributed by atoms with van der Waals surface area (Å²) in [6, 6.07) is 4.09. The molecule has 0 aromatic carbocycles. The molecule has 0 aliphatic heterocycles. The number of aryl methyl sites for hydroxylation is 3. The third-order valence-electron chi connectivity index (χ3n) is 2.69. The molecule has 1 N–H and O–H groups in total. The molecule has 6 heteroatoms. The lowest BCUT2D eigenvalue weighted by Crippen LogP contribution is -2.10. The summed E-state index contributed by atoms with van der Waals surface area (Å²) in [6.45, 7) is 5.89. The molecule has 0 aliphatic carbocycles. The van der Waals surface area contributed by atoms with Gasteiger partial charge < -0.3 is 5.32 Å². The van der Waals surface area contributed by atoms with Gasteiger partial charge in [-0.15, -0.1) is 12.4 Å². The number of aromatic nitrogens is 4. The molecule has 2 rings (SSSR count). The second-order valence-corrected chi connectivity index (χ2v) is 4.19. The van der Waals surface area contributed by atoms with Crippen molar-refractivity contribution >= 4 is 18.2 Å². The first-order valence-electron chi connectivity index (χ1n) is 5.96. The van der Waals surface area contributed by atoms with Crippen molar-refractivity contribution in [1.29, 1.82) is 0 Å². The minimum absolute atomic E-state index is 0. The third-order valence-corrected chi connectivity index (χ3v) is 2.69. The Hall–Kier alpha value is -1.49. The second-order valence-electron chi connectivity index (χ2n) is 4.19. The Morgan fingerprint density at radius 2 is 2.17 bits per heavy atom. The van der Waals surface area contributed by atoms with Crippen molar-refractivity contribution in [1.82, 2.24) is 19.6 Å². The van der Waals surface area contributed by atoms with Crippen molar-refractivity contribution in [2.75, 3.05) is 5.32 Å². The van der Waals surface area contributed by atoms with Crippen LogP contribution in [-0.4, -0.2) is 19.6 Å². The van der Waals surface area contributed by atoms with E-state index in [1.165, 1.54) is 5.69 Å². The highest BCUT2D eigenvalue weighted by atomic mass is 35.5. The molecule has 100 valence electrons. The van der Waals surface area contributed by atoms with E-state index < -0.39 is 0 Å². The Kier molecular flexibility index (Phi) is 5.22. The minimum Gasteiger partial charge on any atom is -0.365 e. The maximum absolute atomic E-state index is 4.30. The molecule has 5 nitrogen and oxygen atoms in total. The van der Waals surface area contributed by atoms with Gasteiger partial charge in [0.05, 0.1) is 17.9 Å². The lowest BCUT2D eigenvalue weighted by atomic mass is 10.4. The maximum atomic E-state index is 4.30. The largest absolute Gasteiger partial charge is 0.365 e. The van der Waals surface area contributed by atoms with Gasteiger partial charge >= 0.3 is 0 Å². The van der Waals surface area contributed by atoms with Crippen LogP contribution in [0, 0.1) is 6.92 Å². The van der Waals surface area contributed by atoms with E-state index in [0.717, 1.165) is 31.0 Å². The van der Waals surface area contributed by atoms with Gasteiger partial charge in [-0.3, -0.25) is 9.36 Å². The molecule has 0 radical (unpaired) electrons. The lowest BCUT2D eigenvalue weighted by Gasteiger charge is -2.08. The van der Waals surface area contributed by atoms with E-state index in [2.05, 4.69) is 22.4 Å². The number of hydrogen-bond donors (Lipinski definition) is 1. The summed E-state index contributed by atoms with van der Waals surface area (Å²) in [5.41, 5.74) is 2.22. The molecule has 0 saturated carbocycles. The van der Waals surface area contributed by atoms with Crippen molar-refractivity contribution in [3.8, 4) is 0 Å². The van der Waals surface area contributed by atoms with Crippen molar-refractivity contribution in [2.24, 2.45) is 7.05 Å². The van der Waals surface area contributed by atoms with Gasteiger partial charge in [-0.1, -0.05) is 6.92 Å². The Morgan fingerprint density at radius 3 is 2.78 bits per heavy atom. The normalized spacial score (nSPS) is 10.2. The summed E-state index contributed by atoms with van der Waals surface area (Å²) in [5.74, 6) is 1.03. The van der Waals surface area contributed by atoms with Crippen LogP contribution in [0.4, 0.5) is 5.82 Å². The van der Waals surface area contributed by atoms with E-state index >= 15 is 0 Å². The molecule has 0 aliphatic rings. The summed E-state index contributed by atoms with van der Waals surface area (Å²) in [7, 11) is 1.94. The van der Waals surface area contributed by atoms with Crippen LogP contribution in [0.25, 0.3) is 0 Å². The zero-order valence-electron chi connectivity index (χ0n) is 11.1. The van der Waals surface area contributed by atoms with Gasteiger partial charge in [-0.05, 0) is 19.4 Å². The first kappa shape index (κ1) is 14.6. The van der Waals surface area contributed by atoms with Gasteiger partial charge in [0.15, 0.2) is 0 Å². The van der Waals surface area contributed by atoms with E-state index in [0.29, 0.717) is 0 Å². The Labute approximate surface area is 114 Å². The van der Waals surface area contributed by atoms with Crippen LogP contribution < -0.4 is 5.32 Å². The molecular weight excluding hydrogens is 250 g/mol. The van der Waals surface area contributed by atoms with Gasteiger partial charge in [-0.25, -0.2) is 0 Å². The molecule has 0 saturated heterocycles. The van der Waals surface area contributed by atoms with Crippen LogP contribution in [-0.2, 0) is 20.1 Å². The summed E-state index contributed by atoms with van der Waals surface area (Å²) in [4.78, 5) is 0. The van der Waals surface area contributed by atoms with Crippen molar-refractivity contribution in [2.45, 2.75) is 33.4 Å². The molecule has 0 fully saturated rings. The molecule has 2 aromatic heterocycles. The first-order chi connectivity index (χ1) is 8.20. The highest BCUT2D eigenvalue weighted by molar-refractivity contribution is 5.85. The summed E-state index contributed by atoms with van der Waals surface area (Å²) >= 11 is 0. The minimum atomic E-state index is 0. The van der Waals surface area contributed by atoms with E-state index in [-0.39, 0.29) is 12.4 Å². The van der Waals surface area contributed by atoms with Crippen molar-refractivity contribution in [3.05, 3.63) is 29.7 Å². The summed E-state index contributed by atoms with van der Waals surface area (Å²) in [6.07, 6.45) is 2.95. The quantitative estimate of drug-likeness (QED) is 0.907. The fourth-order valence-corrected chi connectivity index (χ4v) is 1.88. The molecule has 18 heavy (non-hydrogen) atoms. The predicted molar refractivity (Wildman–Crippen MR) is 75.0 cm³/mol. The van der Waals surface area contributed by atoms with E-state index in [9.17, 15) is 0 Å². The summed E-state index contributed by atoms with van der Waals surface area (Å²) < 4.78 is 3.89. The van der Waals surface area contributed by atoms with Crippen LogP contribution >= 0.6 is 12.4 Å². The van der Waals surface area contributed by atoms with Crippen LogP contribution in [0.3, 0.4) is 0 Å². The molecule has 0 atom stereocenters. The van der Waals surface area contributed by atoms with Gasteiger partial charge in [0.2, 0.25) is 0 Å². The smallest absolute Gasteiger partial charge is 0.124 e.